The topological polar surface area (TPSA) is 90.6 Å². The van der Waals surface area contributed by atoms with Gasteiger partial charge in [0.1, 0.15) is 11.5 Å². The lowest BCUT2D eigenvalue weighted by Crippen LogP contribution is -2.17. The van der Waals surface area contributed by atoms with Crippen LogP contribution >= 0.6 is 11.6 Å². The van der Waals surface area contributed by atoms with Gasteiger partial charge in [-0.25, -0.2) is 9.78 Å². The van der Waals surface area contributed by atoms with Crippen LogP contribution in [0.1, 0.15) is 10.5 Å². The number of benzene rings is 1. The molecule has 0 spiro atoms. The van der Waals surface area contributed by atoms with Crippen LogP contribution < -0.4 is 11.0 Å². The second-order valence-electron chi connectivity index (χ2n) is 4.13. The fraction of sp³-hybridized carbons (Fsp3) is 0. The number of aromatic nitrogens is 3. The molecular weight excluding hydrogens is 280 g/mol. The van der Waals surface area contributed by atoms with E-state index in [9.17, 15) is 9.59 Å². The van der Waals surface area contributed by atoms with Crippen molar-refractivity contribution >= 4 is 34.2 Å². The lowest BCUT2D eigenvalue weighted by molar-refractivity contribution is 0.102. The van der Waals surface area contributed by atoms with E-state index in [1.807, 2.05) is 6.07 Å². The van der Waals surface area contributed by atoms with Gasteiger partial charge in [0.25, 0.3) is 5.91 Å². The van der Waals surface area contributed by atoms with E-state index in [2.05, 4.69) is 20.3 Å². The van der Waals surface area contributed by atoms with Crippen molar-refractivity contribution < 1.29 is 4.79 Å². The first-order valence-electron chi connectivity index (χ1n) is 5.77. The Morgan fingerprint density at radius 1 is 1.25 bits per heavy atom. The minimum atomic E-state index is -0.525. The Balaban J connectivity index is 1.93. The van der Waals surface area contributed by atoms with Crippen LogP contribution in [0.25, 0.3) is 10.9 Å². The average Bonchev–Trinajstić information content (AvgIpc) is 2.84. The number of carbonyl (C=O) groups is 1. The molecule has 2 heterocycles. The van der Waals surface area contributed by atoms with Crippen molar-refractivity contribution in [1.82, 2.24) is 15.0 Å². The molecule has 3 rings (SSSR count). The molecule has 0 fully saturated rings. The van der Waals surface area contributed by atoms with E-state index in [4.69, 9.17) is 11.6 Å². The number of para-hydroxylation sites is 1. The Bertz CT molecular complexity index is 853. The summed E-state index contributed by atoms with van der Waals surface area (Å²) in [7, 11) is 0. The molecule has 7 heteroatoms. The first-order chi connectivity index (χ1) is 9.63. The number of H-pyrrole nitrogens is 2. The van der Waals surface area contributed by atoms with Gasteiger partial charge >= 0.3 is 5.69 Å². The van der Waals surface area contributed by atoms with Crippen LogP contribution in [0.15, 0.2) is 41.3 Å². The number of nitrogens with zero attached hydrogens (tertiary/aromatic N) is 1. The average molecular weight is 289 g/mol. The number of aromatic amines is 2. The smallest absolute Gasteiger partial charge is 0.346 e. The van der Waals surface area contributed by atoms with Gasteiger partial charge in [-0.3, -0.25) is 9.78 Å². The van der Waals surface area contributed by atoms with E-state index < -0.39 is 5.69 Å². The lowest BCUT2D eigenvalue weighted by atomic mass is 10.2. The van der Waals surface area contributed by atoms with Crippen molar-refractivity contribution in [2.45, 2.75) is 0 Å². The third-order valence-electron chi connectivity index (χ3n) is 2.77. The molecule has 20 heavy (non-hydrogen) atoms. The molecule has 0 saturated carbocycles. The molecule has 1 amide bonds. The normalized spacial score (nSPS) is 10.7. The Hall–Kier alpha value is -2.60. The van der Waals surface area contributed by atoms with E-state index in [0.29, 0.717) is 16.2 Å². The van der Waals surface area contributed by atoms with Gasteiger partial charge < -0.3 is 10.3 Å². The van der Waals surface area contributed by atoms with Gasteiger partial charge in [-0.15, -0.1) is 0 Å². The first kappa shape index (κ1) is 12.4. The van der Waals surface area contributed by atoms with Crippen molar-refractivity contribution in [3.05, 3.63) is 57.7 Å². The molecule has 100 valence electrons. The standard InChI is InChI=1S/C13H9ClN4O2/c14-8-3-1-2-7-6-9(16-11(7)8)12(19)17-10-4-5-15-13(20)18-10/h1-6,16H,(H2,15,17,18,19,20). The molecule has 0 unspecified atom stereocenters. The van der Waals surface area contributed by atoms with Crippen molar-refractivity contribution in [2.24, 2.45) is 0 Å². The number of halogens is 1. The molecule has 0 saturated heterocycles. The SMILES string of the molecule is O=C(Nc1ccnc(=O)[nH]1)c1cc2cccc(Cl)c2[nH]1. The number of hydrogen-bond acceptors (Lipinski definition) is 3. The Kier molecular flexibility index (Phi) is 3.00. The lowest BCUT2D eigenvalue weighted by Gasteiger charge is -2.01. The monoisotopic (exact) mass is 288 g/mol. The predicted octanol–water partition coefficient (Wildman–Crippen LogP) is 2.16. The quantitative estimate of drug-likeness (QED) is 0.675. The zero-order valence-electron chi connectivity index (χ0n) is 10.1. The van der Waals surface area contributed by atoms with Crippen LogP contribution in [-0.4, -0.2) is 20.9 Å². The van der Waals surface area contributed by atoms with Crippen molar-refractivity contribution in [1.29, 1.82) is 0 Å². The highest BCUT2D eigenvalue weighted by molar-refractivity contribution is 6.35. The van der Waals surface area contributed by atoms with E-state index in [-0.39, 0.29) is 11.7 Å². The molecular formula is C13H9ClN4O2. The third kappa shape index (κ3) is 2.28. The zero-order chi connectivity index (χ0) is 14.1. The van der Waals surface area contributed by atoms with Crippen LogP contribution in [0.4, 0.5) is 5.82 Å². The summed E-state index contributed by atoms with van der Waals surface area (Å²) in [6, 6.07) is 8.58. The Labute approximate surface area is 117 Å². The molecule has 0 aliphatic rings. The summed E-state index contributed by atoms with van der Waals surface area (Å²) < 4.78 is 0. The number of nitrogens with one attached hydrogen (secondary N) is 3. The zero-order valence-corrected chi connectivity index (χ0v) is 10.9. The molecule has 0 aliphatic carbocycles. The second-order valence-corrected chi connectivity index (χ2v) is 4.54. The summed E-state index contributed by atoms with van der Waals surface area (Å²) in [6.45, 7) is 0. The van der Waals surface area contributed by atoms with Gasteiger partial charge in [0.05, 0.1) is 10.5 Å². The molecule has 3 N–H and O–H groups in total. The van der Waals surface area contributed by atoms with Gasteiger partial charge in [-0.1, -0.05) is 23.7 Å². The maximum absolute atomic E-state index is 12.1. The number of amides is 1. The molecule has 6 nitrogen and oxygen atoms in total. The minimum Gasteiger partial charge on any atom is -0.349 e. The second kappa shape index (κ2) is 4.82. The van der Waals surface area contributed by atoms with Crippen LogP contribution in [-0.2, 0) is 0 Å². The summed E-state index contributed by atoms with van der Waals surface area (Å²) >= 11 is 6.04. The highest BCUT2D eigenvalue weighted by atomic mass is 35.5. The van der Waals surface area contributed by atoms with Crippen LogP contribution in [0.3, 0.4) is 0 Å². The summed E-state index contributed by atoms with van der Waals surface area (Å²) in [5.74, 6) is -0.0983. The molecule has 1 aromatic carbocycles. The molecule has 2 aromatic heterocycles. The maximum atomic E-state index is 12.1. The number of carbonyl (C=O) groups excluding carboxylic acids is 1. The maximum Gasteiger partial charge on any atom is 0.346 e. The van der Waals surface area contributed by atoms with Crippen molar-refractivity contribution in [2.75, 3.05) is 5.32 Å². The van der Waals surface area contributed by atoms with Crippen LogP contribution in [0.5, 0.6) is 0 Å². The molecule has 0 bridgehead atoms. The summed E-state index contributed by atoms with van der Waals surface area (Å²) in [5, 5.41) is 3.95. The number of anilines is 1. The van der Waals surface area contributed by atoms with Gasteiger partial charge in [-0.2, -0.15) is 0 Å². The van der Waals surface area contributed by atoms with Gasteiger partial charge in [-0.05, 0) is 18.2 Å². The molecule has 0 aliphatic heterocycles. The van der Waals surface area contributed by atoms with E-state index in [1.165, 1.54) is 12.3 Å². The molecule has 3 aromatic rings. The van der Waals surface area contributed by atoms with Crippen molar-refractivity contribution in [3.8, 4) is 0 Å². The highest BCUT2D eigenvalue weighted by Crippen LogP contribution is 2.23. The summed E-state index contributed by atoms with van der Waals surface area (Å²) in [4.78, 5) is 32.0. The fourth-order valence-corrected chi connectivity index (χ4v) is 2.10. The predicted molar refractivity (Wildman–Crippen MR) is 76.1 cm³/mol. The van der Waals surface area contributed by atoms with Crippen molar-refractivity contribution in [3.63, 3.8) is 0 Å². The third-order valence-corrected chi connectivity index (χ3v) is 3.09. The van der Waals surface area contributed by atoms with Gasteiger partial charge in [0.2, 0.25) is 0 Å². The summed E-state index contributed by atoms with van der Waals surface area (Å²) in [6.07, 6.45) is 1.32. The number of fused-ring (bicyclic) bond motifs is 1. The van der Waals surface area contributed by atoms with E-state index >= 15 is 0 Å². The number of rotatable bonds is 2. The molecule has 0 atom stereocenters. The van der Waals surface area contributed by atoms with E-state index in [0.717, 1.165) is 5.39 Å². The first-order valence-corrected chi connectivity index (χ1v) is 6.15. The van der Waals surface area contributed by atoms with Gasteiger partial charge in [0, 0.05) is 11.6 Å². The van der Waals surface area contributed by atoms with Crippen LogP contribution in [0.2, 0.25) is 5.02 Å². The molecule has 0 radical (unpaired) electrons. The number of hydrogen-bond donors (Lipinski definition) is 3. The minimum absolute atomic E-state index is 0.278. The largest absolute Gasteiger partial charge is 0.349 e. The van der Waals surface area contributed by atoms with Crippen LogP contribution in [0, 0.1) is 0 Å². The fourth-order valence-electron chi connectivity index (χ4n) is 1.87. The Morgan fingerprint density at radius 3 is 2.85 bits per heavy atom. The van der Waals surface area contributed by atoms with Gasteiger partial charge in [0.15, 0.2) is 0 Å². The summed E-state index contributed by atoms with van der Waals surface area (Å²) in [5.41, 5.74) is 0.524. The highest BCUT2D eigenvalue weighted by Gasteiger charge is 2.11. The van der Waals surface area contributed by atoms with E-state index in [1.54, 1.807) is 18.2 Å². The Morgan fingerprint density at radius 2 is 2.10 bits per heavy atom.